The molecule has 2 aromatic rings. The van der Waals surface area contributed by atoms with Crippen molar-refractivity contribution in [3.8, 4) is 11.5 Å². The number of para-hydroxylation sites is 1. The number of Topliss-reactive ketones (excluding diaryl/α,β-unsaturated/α-hetero) is 1. The van der Waals surface area contributed by atoms with Crippen LogP contribution in [0.1, 0.15) is 17.3 Å². The van der Waals surface area contributed by atoms with Crippen molar-refractivity contribution in [2.45, 2.75) is 13.0 Å². The smallest absolute Gasteiger partial charge is 0.347 e. The first-order valence-corrected chi connectivity index (χ1v) is 8.12. The molecule has 0 heterocycles. The predicted octanol–water partition coefficient (Wildman–Crippen LogP) is 4.20. The van der Waals surface area contributed by atoms with E-state index in [2.05, 4.69) is 0 Å². The minimum atomic E-state index is -0.941. The number of carbonyl (C=O) groups is 2. The van der Waals surface area contributed by atoms with E-state index in [9.17, 15) is 9.59 Å². The molecule has 0 aliphatic rings. The van der Waals surface area contributed by atoms with Gasteiger partial charge in [-0.15, -0.1) is 0 Å². The Morgan fingerprint density at radius 2 is 1.80 bits per heavy atom. The van der Waals surface area contributed by atoms with Gasteiger partial charge in [-0.05, 0) is 37.3 Å². The van der Waals surface area contributed by atoms with E-state index in [0.29, 0.717) is 22.1 Å². The number of hydrogen-bond acceptors (Lipinski definition) is 5. The number of benzene rings is 2. The molecule has 0 spiro atoms. The van der Waals surface area contributed by atoms with Gasteiger partial charge in [0.1, 0.15) is 11.5 Å². The molecule has 0 fully saturated rings. The summed E-state index contributed by atoms with van der Waals surface area (Å²) >= 11 is 11.8. The van der Waals surface area contributed by atoms with Crippen LogP contribution >= 0.6 is 23.2 Å². The van der Waals surface area contributed by atoms with Crippen LogP contribution < -0.4 is 9.47 Å². The number of carbonyl (C=O) groups excluding carboxylic acids is 2. The number of methoxy groups -OCH3 is 1. The molecular formula is C18H16Cl2O5. The van der Waals surface area contributed by atoms with Gasteiger partial charge in [0.2, 0.25) is 5.78 Å². The number of rotatable bonds is 7. The lowest BCUT2D eigenvalue weighted by molar-refractivity contribution is -0.149. The maximum absolute atomic E-state index is 12.2. The SMILES string of the molecule is COc1ccccc1C(=O)COC(=O)[C@@H](C)Oc1ccc(Cl)cc1Cl. The number of ether oxygens (including phenoxy) is 3. The zero-order valence-corrected chi connectivity index (χ0v) is 15.1. The summed E-state index contributed by atoms with van der Waals surface area (Å²) in [5.41, 5.74) is 0.340. The average Bonchev–Trinajstić information content (AvgIpc) is 2.61. The molecule has 0 aliphatic heterocycles. The van der Waals surface area contributed by atoms with Crippen molar-refractivity contribution in [1.29, 1.82) is 0 Å². The topological polar surface area (TPSA) is 61.8 Å². The van der Waals surface area contributed by atoms with Gasteiger partial charge in [0.05, 0.1) is 17.7 Å². The molecule has 0 saturated heterocycles. The van der Waals surface area contributed by atoms with Crippen LogP contribution in [0.15, 0.2) is 42.5 Å². The lowest BCUT2D eigenvalue weighted by Gasteiger charge is -2.15. The molecule has 1 atom stereocenters. The Kier molecular flexibility index (Phi) is 6.67. The molecule has 0 bridgehead atoms. The number of hydrogen-bond donors (Lipinski definition) is 0. The summed E-state index contributed by atoms with van der Waals surface area (Å²) in [6.45, 7) is 1.09. The van der Waals surface area contributed by atoms with Crippen molar-refractivity contribution in [1.82, 2.24) is 0 Å². The molecule has 0 N–H and O–H groups in total. The lowest BCUT2D eigenvalue weighted by atomic mass is 10.1. The molecule has 0 saturated carbocycles. The molecule has 0 aromatic heterocycles. The van der Waals surface area contributed by atoms with Gasteiger partial charge in [-0.25, -0.2) is 4.79 Å². The summed E-state index contributed by atoms with van der Waals surface area (Å²) in [4.78, 5) is 24.2. The summed E-state index contributed by atoms with van der Waals surface area (Å²) in [5.74, 6) is -0.343. The summed E-state index contributed by atoms with van der Waals surface area (Å²) in [5, 5.41) is 0.729. The van der Waals surface area contributed by atoms with Crippen molar-refractivity contribution in [3.05, 3.63) is 58.1 Å². The summed E-state index contributed by atoms with van der Waals surface area (Å²) in [6.07, 6.45) is -0.941. The molecule has 0 aliphatic carbocycles. The van der Waals surface area contributed by atoms with Gasteiger partial charge in [0, 0.05) is 5.02 Å². The van der Waals surface area contributed by atoms with Crippen LogP contribution in [-0.2, 0) is 9.53 Å². The number of halogens is 2. The van der Waals surface area contributed by atoms with E-state index in [1.54, 1.807) is 36.4 Å². The third kappa shape index (κ3) is 5.11. The highest BCUT2D eigenvalue weighted by molar-refractivity contribution is 6.35. The standard InChI is InChI=1S/C18H16Cl2O5/c1-11(25-17-8-7-12(19)9-14(17)20)18(22)24-10-15(21)13-5-3-4-6-16(13)23-2/h3-9,11H,10H2,1-2H3/t11-/m1/s1. The molecular weight excluding hydrogens is 367 g/mol. The van der Waals surface area contributed by atoms with E-state index >= 15 is 0 Å². The van der Waals surface area contributed by atoms with E-state index < -0.39 is 18.7 Å². The Balaban J connectivity index is 1.94. The largest absolute Gasteiger partial charge is 0.496 e. The van der Waals surface area contributed by atoms with Crippen molar-refractivity contribution < 1.29 is 23.8 Å². The van der Waals surface area contributed by atoms with Gasteiger partial charge in [0.25, 0.3) is 0 Å². The second-order valence-electron chi connectivity index (χ2n) is 5.07. The lowest BCUT2D eigenvalue weighted by Crippen LogP contribution is -2.28. The predicted molar refractivity (Wildman–Crippen MR) is 94.8 cm³/mol. The van der Waals surface area contributed by atoms with Gasteiger partial charge < -0.3 is 14.2 Å². The number of ketones is 1. The monoisotopic (exact) mass is 382 g/mol. The van der Waals surface area contributed by atoms with Crippen molar-refractivity contribution >= 4 is 35.0 Å². The minimum Gasteiger partial charge on any atom is -0.496 e. The normalized spacial score (nSPS) is 11.5. The van der Waals surface area contributed by atoms with Crippen molar-refractivity contribution in [2.24, 2.45) is 0 Å². The van der Waals surface area contributed by atoms with Crippen molar-refractivity contribution in [2.75, 3.05) is 13.7 Å². The average molecular weight is 383 g/mol. The zero-order chi connectivity index (χ0) is 18.4. The molecule has 0 unspecified atom stereocenters. The van der Waals surface area contributed by atoms with Gasteiger partial charge in [-0.2, -0.15) is 0 Å². The van der Waals surface area contributed by atoms with Gasteiger partial charge in [0.15, 0.2) is 12.7 Å². The Hall–Kier alpha value is -2.24. The van der Waals surface area contributed by atoms with E-state index in [1.165, 1.54) is 20.1 Å². The molecule has 132 valence electrons. The van der Waals surface area contributed by atoms with Gasteiger partial charge in [-0.3, -0.25) is 4.79 Å². The minimum absolute atomic E-state index is 0.275. The van der Waals surface area contributed by atoms with Crippen LogP contribution in [0.25, 0.3) is 0 Å². The fourth-order valence-electron chi connectivity index (χ4n) is 2.02. The molecule has 7 heteroatoms. The van der Waals surface area contributed by atoms with Gasteiger partial charge >= 0.3 is 5.97 Å². The highest BCUT2D eigenvalue weighted by Gasteiger charge is 2.20. The third-order valence-corrected chi connectivity index (χ3v) is 3.81. The first kappa shape index (κ1) is 19.1. The summed E-state index contributed by atoms with van der Waals surface area (Å²) in [7, 11) is 1.46. The van der Waals surface area contributed by atoms with Crippen LogP contribution in [0.4, 0.5) is 0 Å². The second kappa shape index (κ2) is 8.74. The third-order valence-electron chi connectivity index (χ3n) is 3.28. The fraction of sp³-hybridized carbons (Fsp3) is 0.222. The maximum Gasteiger partial charge on any atom is 0.347 e. The molecule has 0 amide bonds. The Bertz CT molecular complexity index is 776. The van der Waals surface area contributed by atoms with Gasteiger partial charge in [-0.1, -0.05) is 35.3 Å². The van der Waals surface area contributed by atoms with Crippen LogP contribution in [0.5, 0.6) is 11.5 Å². The Morgan fingerprint density at radius 1 is 1.08 bits per heavy atom. The van der Waals surface area contributed by atoms with Crippen LogP contribution in [0.3, 0.4) is 0 Å². The first-order valence-electron chi connectivity index (χ1n) is 7.37. The van der Waals surface area contributed by atoms with E-state index in [1.807, 2.05) is 0 Å². The van der Waals surface area contributed by atoms with Crippen molar-refractivity contribution in [3.63, 3.8) is 0 Å². The van der Waals surface area contributed by atoms with Crippen LogP contribution in [-0.4, -0.2) is 31.6 Å². The van der Waals surface area contributed by atoms with E-state index in [-0.39, 0.29) is 10.8 Å². The second-order valence-corrected chi connectivity index (χ2v) is 5.91. The first-order chi connectivity index (χ1) is 11.9. The zero-order valence-electron chi connectivity index (χ0n) is 13.6. The van der Waals surface area contributed by atoms with Crippen LogP contribution in [0, 0.1) is 0 Å². The maximum atomic E-state index is 12.2. The molecule has 5 nitrogen and oxygen atoms in total. The molecule has 2 aromatic carbocycles. The highest BCUT2D eigenvalue weighted by atomic mass is 35.5. The van der Waals surface area contributed by atoms with E-state index in [4.69, 9.17) is 37.4 Å². The van der Waals surface area contributed by atoms with E-state index in [0.717, 1.165) is 0 Å². The summed E-state index contributed by atoms with van der Waals surface area (Å²) < 4.78 is 15.6. The number of esters is 1. The highest BCUT2D eigenvalue weighted by Crippen LogP contribution is 2.28. The molecule has 0 radical (unpaired) electrons. The Labute approximate surface area is 155 Å². The summed E-state index contributed by atoms with van der Waals surface area (Å²) in [6, 6.07) is 11.3. The molecule has 2 rings (SSSR count). The molecule has 25 heavy (non-hydrogen) atoms. The Morgan fingerprint density at radius 3 is 2.48 bits per heavy atom. The van der Waals surface area contributed by atoms with Crippen LogP contribution in [0.2, 0.25) is 10.0 Å². The fourth-order valence-corrected chi connectivity index (χ4v) is 2.47. The quantitative estimate of drug-likeness (QED) is 0.530.